The van der Waals surface area contributed by atoms with Crippen LogP contribution >= 0.6 is 24.0 Å². The number of carbonyl (C=O) groups is 1. The highest BCUT2D eigenvalue weighted by molar-refractivity contribution is 6.30. The standard InChI is InChI=1S/C21H26ClN3O.ClH/c22-18-5-1-4-17(13-18)21(15-23)10-8-19(9-11-21)25-20(26)7-6-16-3-2-12-24-14-16;/h1-5,12-14,19H,6-11,15,23H2,(H,25,26);1H. The second-order valence-electron chi connectivity index (χ2n) is 7.20. The van der Waals surface area contributed by atoms with E-state index >= 15 is 0 Å². The van der Waals surface area contributed by atoms with Crippen molar-refractivity contribution in [2.45, 2.75) is 50.0 Å². The highest BCUT2D eigenvalue weighted by Crippen LogP contribution is 2.39. The molecule has 1 aliphatic rings. The molecule has 1 aromatic carbocycles. The Bertz CT molecular complexity index is 731. The van der Waals surface area contributed by atoms with E-state index in [0.29, 0.717) is 13.0 Å². The number of nitrogens with two attached hydrogens (primary N) is 1. The summed E-state index contributed by atoms with van der Waals surface area (Å²) in [7, 11) is 0. The molecular formula is C21H27Cl2N3O. The molecule has 1 aliphatic carbocycles. The molecule has 1 saturated carbocycles. The van der Waals surface area contributed by atoms with Gasteiger partial charge in [0.2, 0.25) is 5.91 Å². The maximum Gasteiger partial charge on any atom is 0.220 e. The van der Waals surface area contributed by atoms with Gasteiger partial charge in [-0.2, -0.15) is 0 Å². The monoisotopic (exact) mass is 407 g/mol. The number of rotatable bonds is 6. The number of carbonyl (C=O) groups excluding carboxylic acids is 1. The molecule has 0 aliphatic heterocycles. The quantitative estimate of drug-likeness (QED) is 0.758. The lowest BCUT2D eigenvalue weighted by Crippen LogP contribution is -2.45. The smallest absolute Gasteiger partial charge is 0.220 e. The second-order valence-corrected chi connectivity index (χ2v) is 7.63. The molecule has 1 amide bonds. The average molecular weight is 408 g/mol. The molecule has 0 radical (unpaired) electrons. The largest absolute Gasteiger partial charge is 0.353 e. The lowest BCUT2D eigenvalue weighted by Gasteiger charge is -2.40. The SMILES string of the molecule is Cl.NCC1(c2cccc(Cl)c2)CCC(NC(=O)CCc2cccnc2)CC1. The number of hydrogen-bond donors (Lipinski definition) is 2. The second kappa shape index (κ2) is 10.1. The van der Waals surface area contributed by atoms with Gasteiger partial charge < -0.3 is 11.1 Å². The van der Waals surface area contributed by atoms with Crippen LogP contribution in [-0.2, 0) is 16.6 Å². The molecule has 0 atom stereocenters. The Hall–Kier alpha value is -1.62. The number of halogens is 2. The first-order valence-corrected chi connectivity index (χ1v) is 9.63. The van der Waals surface area contributed by atoms with Crippen LogP contribution < -0.4 is 11.1 Å². The number of aryl methyl sites for hydroxylation is 1. The third-order valence-electron chi connectivity index (χ3n) is 5.50. The highest BCUT2D eigenvalue weighted by Gasteiger charge is 2.36. The third-order valence-corrected chi connectivity index (χ3v) is 5.73. The van der Waals surface area contributed by atoms with Gasteiger partial charge in [-0.15, -0.1) is 12.4 Å². The summed E-state index contributed by atoms with van der Waals surface area (Å²) in [6.45, 7) is 0.606. The maximum absolute atomic E-state index is 12.3. The molecule has 6 heteroatoms. The molecule has 1 aromatic heterocycles. The molecule has 2 aromatic rings. The predicted molar refractivity (Wildman–Crippen MR) is 112 cm³/mol. The van der Waals surface area contributed by atoms with E-state index in [1.807, 2.05) is 36.5 Å². The van der Waals surface area contributed by atoms with Crippen molar-refractivity contribution >= 4 is 29.9 Å². The van der Waals surface area contributed by atoms with Gasteiger partial charge in [-0.25, -0.2) is 0 Å². The lowest BCUT2D eigenvalue weighted by molar-refractivity contribution is -0.122. The first-order chi connectivity index (χ1) is 12.6. The minimum absolute atomic E-state index is 0. The average Bonchev–Trinajstić information content (AvgIpc) is 2.68. The molecule has 146 valence electrons. The number of nitrogens with one attached hydrogen (secondary N) is 1. The zero-order chi connectivity index (χ0) is 18.4. The van der Waals surface area contributed by atoms with Crippen LogP contribution in [0.15, 0.2) is 48.8 Å². The number of aromatic nitrogens is 1. The van der Waals surface area contributed by atoms with E-state index in [1.165, 1.54) is 5.56 Å². The van der Waals surface area contributed by atoms with Crippen LogP contribution in [-0.4, -0.2) is 23.5 Å². The predicted octanol–water partition coefficient (Wildman–Crippen LogP) is 4.04. The van der Waals surface area contributed by atoms with Crippen molar-refractivity contribution in [3.8, 4) is 0 Å². The van der Waals surface area contributed by atoms with Crippen molar-refractivity contribution in [2.75, 3.05) is 6.54 Å². The zero-order valence-corrected chi connectivity index (χ0v) is 16.9. The summed E-state index contributed by atoms with van der Waals surface area (Å²) in [6, 6.07) is 12.2. The molecule has 0 bridgehead atoms. The Balaban J connectivity index is 0.00000261. The number of nitrogens with zero attached hydrogens (tertiary/aromatic N) is 1. The normalized spacial score (nSPS) is 21.9. The van der Waals surface area contributed by atoms with Gasteiger partial charge >= 0.3 is 0 Å². The van der Waals surface area contributed by atoms with E-state index in [0.717, 1.165) is 42.7 Å². The number of amides is 1. The molecule has 1 fully saturated rings. The summed E-state index contributed by atoms with van der Waals surface area (Å²) in [4.78, 5) is 16.3. The Morgan fingerprint density at radius 2 is 2.04 bits per heavy atom. The molecule has 3 N–H and O–H groups in total. The number of benzene rings is 1. The topological polar surface area (TPSA) is 68.0 Å². The summed E-state index contributed by atoms with van der Waals surface area (Å²) >= 11 is 6.16. The van der Waals surface area contributed by atoms with E-state index in [4.69, 9.17) is 17.3 Å². The van der Waals surface area contributed by atoms with Crippen molar-refractivity contribution in [1.82, 2.24) is 10.3 Å². The lowest BCUT2D eigenvalue weighted by atomic mass is 9.68. The molecule has 0 unspecified atom stereocenters. The minimum atomic E-state index is -0.0260. The first-order valence-electron chi connectivity index (χ1n) is 9.26. The summed E-state index contributed by atoms with van der Waals surface area (Å²) in [5.41, 5.74) is 8.43. The van der Waals surface area contributed by atoms with Gasteiger partial charge in [-0.1, -0.05) is 29.8 Å². The van der Waals surface area contributed by atoms with E-state index in [1.54, 1.807) is 6.20 Å². The van der Waals surface area contributed by atoms with Crippen LogP contribution in [0.2, 0.25) is 5.02 Å². The Morgan fingerprint density at radius 1 is 1.26 bits per heavy atom. The van der Waals surface area contributed by atoms with Gasteiger partial charge in [-0.05, 0) is 61.4 Å². The molecule has 1 heterocycles. The summed E-state index contributed by atoms with van der Waals surface area (Å²) in [5.74, 6) is 0.113. The minimum Gasteiger partial charge on any atom is -0.353 e. The molecule has 0 saturated heterocycles. The van der Waals surface area contributed by atoms with Gasteiger partial charge in [-0.3, -0.25) is 9.78 Å². The molecule has 27 heavy (non-hydrogen) atoms. The van der Waals surface area contributed by atoms with Crippen LogP contribution in [0.1, 0.15) is 43.2 Å². The number of hydrogen-bond acceptors (Lipinski definition) is 3. The van der Waals surface area contributed by atoms with Crippen LogP contribution in [0.4, 0.5) is 0 Å². The Morgan fingerprint density at radius 3 is 2.67 bits per heavy atom. The van der Waals surface area contributed by atoms with Gasteiger partial charge in [0, 0.05) is 41.8 Å². The van der Waals surface area contributed by atoms with E-state index in [2.05, 4.69) is 16.4 Å². The fourth-order valence-electron chi connectivity index (χ4n) is 3.85. The van der Waals surface area contributed by atoms with Crippen molar-refractivity contribution in [3.63, 3.8) is 0 Å². The van der Waals surface area contributed by atoms with Crippen molar-refractivity contribution in [2.24, 2.45) is 5.73 Å². The van der Waals surface area contributed by atoms with E-state index in [-0.39, 0.29) is 29.8 Å². The summed E-state index contributed by atoms with van der Waals surface area (Å²) < 4.78 is 0. The van der Waals surface area contributed by atoms with E-state index < -0.39 is 0 Å². The third kappa shape index (κ3) is 5.68. The van der Waals surface area contributed by atoms with Gasteiger partial charge in [0.1, 0.15) is 0 Å². The van der Waals surface area contributed by atoms with Crippen molar-refractivity contribution < 1.29 is 4.79 Å². The van der Waals surface area contributed by atoms with Crippen molar-refractivity contribution in [1.29, 1.82) is 0 Å². The first kappa shape index (κ1) is 21.7. The Kier molecular flexibility index (Phi) is 8.08. The molecular weight excluding hydrogens is 381 g/mol. The van der Waals surface area contributed by atoms with Crippen molar-refractivity contribution in [3.05, 3.63) is 64.9 Å². The highest BCUT2D eigenvalue weighted by atomic mass is 35.5. The Labute approximate surface area is 172 Å². The molecule has 4 nitrogen and oxygen atoms in total. The molecule has 0 spiro atoms. The van der Waals surface area contributed by atoms with Crippen LogP contribution in [0.5, 0.6) is 0 Å². The number of pyridine rings is 1. The van der Waals surface area contributed by atoms with Crippen LogP contribution in [0, 0.1) is 0 Å². The maximum atomic E-state index is 12.3. The summed E-state index contributed by atoms with van der Waals surface area (Å²) in [5, 5.41) is 3.94. The summed E-state index contributed by atoms with van der Waals surface area (Å²) in [6.07, 6.45) is 8.61. The van der Waals surface area contributed by atoms with Gasteiger partial charge in [0.05, 0.1) is 0 Å². The molecule has 3 rings (SSSR count). The van der Waals surface area contributed by atoms with Gasteiger partial charge in [0.25, 0.3) is 0 Å². The van der Waals surface area contributed by atoms with Gasteiger partial charge in [0.15, 0.2) is 0 Å². The fourth-order valence-corrected chi connectivity index (χ4v) is 4.04. The fraction of sp³-hybridized carbons (Fsp3) is 0.429. The van der Waals surface area contributed by atoms with E-state index in [9.17, 15) is 4.79 Å². The van der Waals surface area contributed by atoms with Crippen LogP contribution in [0.3, 0.4) is 0 Å². The zero-order valence-electron chi connectivity index (χ0n) is 15.4. The van der Waals surface area contributed by atoms with Crippen LogP contribution in [0.25, 0.3) is 0 Å².